The Bertz CT molecular complexity index is 540. The summed E-state index contributed by atoms with van der Waals surface area (Å²) in [6.07, 6.45) is 1.56. The van der Waals surface area contributed by atoms with Gasteiger partial charge in [0.15, 0.2) is 0 Å². The summed E-state index contributed by atoms with van der Waals surface area (Å²) in [6.45, 7) is 0. The number of nitro benzene ring substituents is 1. The number of aromatic nitrogens is 1. The number of para-hydroxylation sites is 1. The van der Waals surface area contributed by atoms with Crippen LogP contribution in [0.4, 0.5) is 11.4 Å². The molecule has 0 unspecified atom stereocenters. The molecule has 0 aliphatic carbocycles. The molecule has 0 saturated carbocycles. The quantitative estimate of drug-likeness (QED) is 0.615. The highest BCUT2D eigenvalue weighted by Gasteiger charge is 2.16. The molecule has 0 aliphatic heterocycles. The highest BCUT2D eigenvalue weighted by atomic mass is 16.6. The number of rotatable bonds is 2. The molecule has 0 bridgehead atoms. The highest BCUT2D eigenvalue weighted by molar-refractivity contribution is 5.78. The Morgan fingerprint density at radius 1 is 1.19 bits per heavy atom. The van der Waals surface area contributed by atoms with Gasteiger partial charge in [0.1, 0.15) is 0 Å². The SMILES string of the molecule is Nc1cccnc1-c1ccccc1[N+](=O)[O-]. The van der Waals surface area contributed by atoms with Crippen LogP contribution in [0.25, 0.3) is 11.3 Å². The largest absolute Gasteiger partial charge is 0.397 e. The second-order valence-corrected chi connectivity index (χ2v) is 3.22. The van der Waals surface area contributed by atoms with E-state index in [1.54, 1.807) is 36.5 Å². The van der Waals surface area contributed by atoms with Crippen molar-refractivity contribution >= 4 is 11.4 Å². The van der Waals surface area contributed by atoms with Crippen molar-refractivity contribution in [3.8, 4) is 11.3 Å². The Labute approximate surface area is 91.7 Å². The lowest BCUT2D eigenvalue weighted by atomic mass is 10.1. The maximum atomic E-state index is 10.8. The lowest BCUT2D eigenvalue weighted by Crippen LogP contribution is -1.96. The monoisotopic (exact) mass is 215 g/mol. The van der Waals surface area contributed by atoms with E-state index in [9.17, 15) is 10.1 Å². The second kappa shape index (κ2) is 3.98. The maximum absolute atomic E-state index is 10.8. The van der Waals surface area contributed by atoms with Gasteiger partial charge in [0.05, 0.1) is 21.9 Å². The fourth-order valence-corrected chi connectivity index (χ4v) is 1.48. The first-order valence-corrected chi connectivity index (χ1v) is 4.64. The Morgan fingerprint density at radius 3 is 2.62 bits per heavy atom. The van der Waals surface area contributed by atoms with Crippen LogP contribution in [0.5, 0.6) is 0 Å². The van der Waals surface area contributed by atoms with E-state index < -0.39 is 4.92 Å². The molecule has 1 heterocycles. The fourth-order valence-electron chi connectivity index (χ4n) is 1.48. The van der Waals surface area contributed by atoms with Crippen molar-refractivity contribution in [1.82, 2.24) is 4.98 Å². The summed E-state index contributed by atoms with van der Waals surface area (Å²) >= 11 is 0. The molecule has 2 aromatic rings. The molecule has 2 rings (SSSR count). The van der Waals surface area contributed by atoms with Gasteiger partial charge in [0, 0.05) is 12.3 Å². The average Bonchev–Trinajstić information content (AvgIpc) is 2.29. The standard InChI is InChI=1S/C11H9N3O2/c12-9-5-3-7-13-11(9)8-4-1-2-6-10(8)14(15)16/h1-7H,12H2. The van der Waals surface area contributed by atoms with Gasteiger partial charge >= 0.3 is 0 Å². The number of nitrogen functional groups attached to an aromatic ring is 1. The third-order valence-electron chi connectivity index (χ3n) is 2.19. The third-order valence-corrected chi connectivity index (χ3v) is 2.19. The Hall–Kier alpha value is -2.43. The van der Waals surface area contributed by atoms with Crippen LogP contribution in [0.1, 0.15) is 0 Å². The van der Waals surface area contributed by atoms with Crippen LogP contribution in [0, 0.1) is 10.1 Å². The highest BCUT2D eigenvalue weighted by Crippen LogP contribution is 2.31. The summed E-state index contributed by atoms with van der Waals surface area (Å²) in [4.78, 5) is 14.5. The van der Waals surface area contributed by atoms with Crippen molar-refractivity contribution in [1.29, 1.82) is 0 Å². The van der Waals surface area contributed by atoms with Gasteiger partial charge in [-0.05, 0) is 18.2 Å². The zero-order chi connectivity index (χ0) is 11.5. The number of nitrogens with two attached hydrogens (primary N) is 1. The molecule has 80 valence electrons. The van der Waals surface area contributed by atoms with Crippen LogP contribution in [-0.4, -0.2) is 9.91 Å². The number of nitro groups is 1. The summed E-state index contributed by atoms with van der Waals surface area (Å²) in [5.74, 6) is 0. The van der Waals surface area contributed by atoms with E-state index in [1.807, 2.05) is 0 Å². The van der Waals surface area contributed by atoms with Crippen LogP contribution in [0.3, 0.4) is 0 Å². The van der Waals surface area contributed by atoms with E-state index in [4.69, 9.17) is 5.73 Å². The number of nitrogens with zero attached hydrogens (tertiary/aromatic N) is 2. The third kappa shape index (κ3) is 1.70. The van der Waals surface area contributed by atoms with E-state index in [-0.39, 0.29) is 5.69 Å². The van der Waals surface area contributed by atoms with Crippen LogP contribution < -0.4 is 5.73 Å². The van der Waals surface area contributed by atoms with Crippen LogP contribution in [-0.2, 0) is 0 Å². The molecule has 0 spiro atoms. The summed E-state index contributed by atoms with van der Waals surface area (Å²) in [5, 5.41) is 10.8. The van der Waals surface area contributed by atoms with Gasteiger partial charge in [0.2, 0.25) is 0 Å². The van der Waals surface area contributed by atoms with E-state index in [0.29, 0.717) is 16.9 Å². The molecule has 5 nitrogen and oxygen atoms in total. The lowest BCUT2D eigenvalue weighted by Gasteiger charge is -2.04. The minimum atomic E-state index is -0.441. The molecule has 0 saturated heterocycles. The minimum absolute atomic E-state index is 0.00731. The second-order valence-electron chi connectivity index (χ2n) is 3.22. The van der Waals surface area contributed by atoms with Crippen molar-refractivity contribution in [2.45, 2.75) is 0 Å². The fraction of sp³-hybridized carbons (Fsp3) is 0. The maximum Gasteiger partial charge on any atom is 0.278 e. The molecule has 5 heteroatoms. The molecule has 16 heavy (non-hydrogen) atoms. The van der Waals surface area contributed by atoms with Crippen molar-refractivity contribution in [3.05, 3.63) is 52.7 Å². The first-order chi connectivity index (χ1) is 7.70. The van der Waals surface area contributed by atoms with E-state index in [1.165, 1.54) is 6.07 Å². The van der Waals surface area contributed by atoms with E-state index in [0.717, 1.165) is 0 Å². The van der Waals surface area contributed by atoms with Crippen molar-refractivity contribution < 1.29 is 4.92 Å². The van der Waals surface area contributed by atoms with Crippen molar-refractivity contribution in [2.75, 3.05) is 5.73 Å². The summed E-state index contributed by atoms with van der Waals surface area (Å²) in [5.41, 5.74) is 7.05. The normalized spacial score (nSPS) is 10.0. The molecular weight excluding hydrogens is 206 g/mol. The van der Waals surface area contributed by atoms with Gasteiger partial charge in [-0.2, -0.15) is 0 Å². The van der Waals surface area contributed by atoms with Crippen LogP contribution in [0.2, 0.25) is 0 Å². The van der Waals surface area contributed by atoms with Crippen LogP contribution in [0.15, 0.2) is 42.6 Å². The van der Waals surface area contributed by atoms with Gasteiger partial charge in [-0.15, -0.1) is 0 Å². The number of pyridine rings is 1. The van der Waals surface area contributed by atoms with Gasteiger partial charge in [-0.3, -0.25) is 15.1 Å². The molecule has 0 fully saturated rings. The zero-order valence-electron chi connectivity index (χ0n) is 8.33. The summed E-state index contributed by atoms with van der Waals surface area (Å²) in [6, 6.07) is 9.75. The first-order valence-electron chi connectivity index (χ1n) is 4.64. The Balaban J connectivity index is 2.65. The summed E-state index contributed by atoms with van der Waals surface area (Å²) in [7, 11) is 0. The topological polar surface area (TPSA) is 82.0 Å². The molecule has 0 aliphatic rings. The number of benzene rings is 1. The van der Waals surface area contributed by atoms with Crippen molar-refractivity contribution in [3.63, 3.8) is 0 Å². The Morgan fingerprint density at radius 2 is 1.94 bits per heavy atom. The van der Waals surface area contributed by atoms with Gasteiger partial charge in [-0.1, -0.05) is 12.1 Å². The van der Waals surface area contributed by atoms with Gasteiger partial charge in [0.25, 0.3) is 5.69 Å². The molecule has 0 radical (unpaired) electrons. The van der Waals surface area contributed by atoms with E-state index >= 15 is 0 Å². The number of hydrogen-bond acceptors (Lipinski definition) is 4. The molecule has 0 amide bonds. The van der Waals surface area contributed by atoms with Gasteiger partial charge < -0.3 is 5.73 Å². The molecule has 1 aromatic carbocycles. The predicted molar refractivity (Wildman–Crippen MR) is 60.7 cm³/mol. The van der Waals surface area contributed by atoms with Crippen LogP contribution >= 0.6 is 0 Å². The molecular formula is C11H9N3O2. The average molecular weight is 215 g/mol. The number of anilines is 1. The van der Waals surface area contributed by atoms with E-state index in [2.05, 4.69) is 4.98 Å². The minimum Gasteiger partial charge on any atom is -0.397 e. The first kappa shape index (κ1) is 10.1. The lowest BCUT2D eigenvalue weighted by molar-refractivity contribution is -0.384. The Kier molecular flexibility index (Phi) is 2.51. The molecule has 1 aromatic heterocycles. The van der Waals surface area contributed by atoms with Crippen molar-refractivity contribution in [2.24, 2.45) is 0 Å². The predicted octanol–water partition coefficient (Wildman–Crippen LogP) is 2.24. The smallest absolute Gasteiger partial charge is 0.278 e. The molecule has 0 atom stereocenters. The molecule has 2 N–H and O–H groups in total. The zero-order valence-corrected chi connectivity index (χ0v) is 8.33. The van der Waals surface area contributed by atoms with Gasteiger partial charge in [-0.25, -0.2) is 0 Å². The summed E-state index contributed by atoms with van der Waals surface area (Å²) < 4.78 is 0. The number of hydrogen-bond donors (Lipinski definition) is 1.